The highest BCUT2D eigenvalue weighted by Gasteiger charge is 2.20. The lowest BCUT2D eigenvalue weighted by Crippen LogP contribution is -2.46. The maximum absolute atomic E-state index is 12.2. The summed E-state index contributed by atoms with van der Waals surface area (Å²) in [5.74, 6) is 1.90. The summed E-state index contributed by atoms with van der Waals surface area (Å²) in [6, 6.07) is 3.49. The number of carbonyl (C=O) groups excluding carboxylic acids is 1. The predicted octanol–water partition coefficient (Wildman–Crippen LogP) is 1.89. The number of methoxy groups -OCH3 is 3. The molecule has 1 saturated heterocycles. The molecule has 2 N–H and O–H groups in total. The maximum atomic E-state index is 12.2. The van der Waals surface area contributed by atoms with Gasteiger partial charge in [-0.05, 0) is 25.5 Å². The van der Waals surface area contributed by atoms with Crippen LogP contribution >= 0.6 is 12.4 Å². The summed E-state index contributed by atoms with van der Waals surface area (Å²) in [4.78, 5) is 12.2. The third-order valence-corrected chi connectivity index (χ3v) is 3.87. The summed E-state index contributed by atoms with van der Waals surface area (Å²) in [5, 5.41) is 6.19. The minimum Gasteiger partial charge on any atom is -0.496 e. The summed E-state index contributed by atoms with van der Waals surface area (Å²) in [5.41, 5.74) is 0.851. The van der Waals surface area contributed by atoms with Gasteiger partial charge in [-0.1, -0.05) is 6.42 Å². The molecule has 1 aliphatic rings. The largest absolute Gasteiger partial charge is 0.496 e. The van der Waals surface area contributed by atoms with Gasteiger partial charge in [-0.15, -0.1) is 12.4 Å². The van der Waals surface area contributed by atoms with Crippen LogP contribution in [0.3, 0.4) is 0 Å². The Kier molecular flexibility index (Phi) is 7.98. The summed E-state index contributed by atoms with van der Waals surface area (Å²) in [6.45, 7) is 1.29. The monoisotopic (exact) mass is 344 g/mol. The van der Waals surface area contributed by atoms with Gasteiger partial charge < -0.3 is 24.8 Å². The molecule has 0 bridgehead atoms. The molecule has 1 aliphatic heterocycles. The Bertz CT molecular complexity index is 519. The van der Waals surface area contributed by atoms with Crippen LogP contribution in [0, 0.1) is 0 Å². The van der Waals surface area contributed by atoms with Crippen LogP contribution < -0.4 is 24.8 Å². The molecule has 1 aromatic rings. The fourth-order valence-corrected chi connectivity index (χ4v) is 2.61. The van der Waals surface area contributed by atoms with E-state index in [2.05, 4.69) is 10.6 Å². The zero-order valence-corrected chi connectivity index (χ0v) is 14.6. The van der Waals surface area contributed by atoms with Crippen molar-refractivity contribution >= 4 is 18.3 Å². The van der Waals surface area contributed by atoms with Gasteiger partial charge in [-0.3, -0.25) is 4.79 Å². The quantitative estimate of drug-likeness (QED) is 0.824. The molecule has 0 radical (unpaired) electrons. The van der Waals surface area contributed by atoms with Crippen LogP contribution in [0.1, 0.15) is 24.8 Å². The third kappa shape index (κ3) is 4.91. The number of halogens is 1. The summed E-state index contributed by atoms with van der Waals surface area (Å²) in [7, 11) is 4.75. The van der Waals surface area contributed by atoms with Gasteiger partial charge in [0.1, 0.15) is 5.75 Å². The Balaban J connectivity index is 0.00000264. The number of nitrogens with one attached hydrogen (secondary N) is 2. The van der Waals surface area contributed by atoms with E-state index in [0.717, 1.165) is 31.4 Å². The molecule has 6 nitrogen and oxygen atoms in total. The van der Waals surface area contributed by atoms with Crippen molar-refractivity contribution in [3.63, 3.8) is 0 Å². The van der Waals surface area contributed by atoms with Gasteiger partial charge in [0.25, 0.3) is 0 Å². The summed E-state index contributed by atoms with van der Waals surface area (Å²) >= 11 is 0. The van der Waals surface area contributed by atoms with E-state index in [1.54, 1.807) is 27.4 Å². The molecule has 2 rings (SSSR count). The van der Waals surface area contributed by atoms with E-state index in [1.165, 1.54) is 0 Å². The van der Waals surface area contributed by atoms with E-state index >= 15 is 0 Å². The highest BCUT2D eigenvalue weighted by Crippen LogP contribution is 2.34. The van der Waals surface area contributed by atoms with Crippen LogP contribution in [-0.2, 0) is 11.3 Å². The number of piperidine rings is 1. The molecule has 0 aromatic heterocycles. The van der Waals surface area contributed by atoms with Gasteiger partial charge in [-0.25, -0.2) is 0 Å². The van der Waals surface area contributed by atoms with Crippen LogP contribution in [0.2, 0.25) is 0 Å². The van der Waals surface area contributed by atoms with Crippen molar-refractivity contribution < 1.29 is 19.0 Å². The zero-order valence-electron chi connectivity index (χ0n) is 13.8. The van der Waals surface area contributed by atoms with Gasteiger partial charge >= 0.3 is 0 Å². The highest BCUT2D eigenvalue weighted by atomic mass is 35.5. The Morgan fingerprint density at radius 2 is 1.78 bits per heavy atom. The van der Waals surface area contributed by atoms with Crippen LogP contribution in [0.25, 0.3) is 0 Å². The molecule has 0 spiro atoms. The lowest BCUT2D eigenvalue weighted by Gasteiger charge is -2.23. The lowest BCUT2D eigenvalue weighted by molar-refractivity contribution is -0.123. The molecule has 1 heterocycles. The first-order valence-corrected chi connectivity index (χ1v) is 7.49. The second kappa shape index (κ2) is 9.47. The average Bonchev–Trinajstić information content (AvgIpc) is 2.59. The smallest absolute Gasteiger partial charge is 0.237 e. The summed E-state index contributed by atoms with van der Waals surface area (Å²) < 4.78 is 15.9. The average molecular weight is 345 g/mol. The Labute approximate surface area is 143 Å². The Morgan fingerprint density at radius 3 is 2.35 bits per heavy atom. The number of amides is 1. The molecule has 7 heteroatoms. The molecule has 0 unspecified atom stereocenters. The van der Waals surface area contributed by atoms with Crippen molar-refractivity contribution in [1.29, 1.82) is 0 Å². The van der Waals surface area contributed by atoms with E-state index < -0.39 is 0 Å². The fraction of sp³-hybridized carbons (Fsp3) is 0.562. The third-order valence-electron chi connectivity index (χ3n) is 3.87. The first-order chi connectivity index (χ1) is 10.7. The van der Waals surface area contributed by atoms with Crippen molar-refractivity contribution in [3.05, 3.63) is 17.7 Å². The molecular formula is C16H25ClN2O4. The van der Waals surface area contributed by atoms with Crippen molar-refractivity contribution in [3.8, 4) is 17.2 Å². The molecule has 1 amide bonds. The number of benzene rings is 1. The Hall–Kier alpha value is -1.66. The van der Waals surface area contributed by atoms with Crippen molar-refractivity contribution in [2.24, 2.45) is 0 Å². The van der Waals surface area contributed by atoms with Crippen molar-refractivity contribution in [1.82, 2.24) is 10.6 Å². The van der Waals surface area contributed by atoms with Gasteiger partial charge in [0.05, 0.1) is 27.4 Å². The standard InChI is InChI=1S/C16H24N2O4.ClH/c1-20-13-9-15(22-3)14(21-2)8-11(13)10-18-16(19)12-6-4-5-7-17-12;/h8-9,12,17H,4-7,10H2,1-3H3,(H,18,19);1H/t12-;/m1./s1. The number of hydrogen-bond donors (Lipinski definition) is 2. The molecule has 1 fully saturated rings. The van der Waals surface area contributed by atoms with E-state index in [9.17, 15) is 4.79 Å². The second-order valence-corrected chi connectivity index (χ2v) is 5.24. The van der Waals surface area contributed by atoms with E-state index in [0.29, 0.717) is 23.8 Å². The molecule has 130 valence electrons. The number of carbonyl (C=O) groups is 1. The van der Waals surface area contributed by atoms with E-state index in [-0.39, 0.29) is 24.4 Å². The van der Waals surface area contributed by atoms with Crippen LogP contribution in [0.15, 0.2) is 12.1 Å². The first kappa shape index (κ1) is 19.4. The molecule has 1 atom stereocenters. The van der Waals surface area contributed by atoms with Gasteiger partial charge in [0.2, 0.25) is 5.91 Å². The Morgan fingerprint density at radius 1 is 1.13 bits per heavy atom. The van der Waals surface area contributed by atoms with Crippen LogP contribution in [0.4, 0.5) is 0 Å². The first-order valence-electron chi connectivity index (χ1n) is 7.49. The lowest BCUT2D eigenvalue weighted by atomic mass is 10.0. The normalized spacial score (nSPS) is 16.9. The molecule has 0 aliphatic carbocycles. The zero-order chi connectivity index (χ0) is 15.9. The van der Waals surface area contributed by atoms with Crippen molar-refractivity contribution in [2.45, 2.75) is 31.8 Å². The predicted molar refractivity (Wildman–Crippen MR) is 90.8 cm³/mol. The van der Waals surface area contributed by atoms with Crippen LogP contribution in [-0.4, -0.2) is 39.8 Å². The summed E-state index contributed by atoms with van der Waals surface area (Å²) in [6.07, 6.45) is 3.10. The minimum atomic E-state index is -0.0973. The van der Waals surface area contributed by atoms with Crippen molar-refractivity contribution in [2.75, 3.05) is 27.9 Å². The topological polar surface area (TPSA) is 68.8 Å². The second-order valence-electron chi connectivity index (χ2n) is 5.24. The minimum absolute atomic E-state index is 0. The SMILES string of the molecule is COc1cc(OC)c(OC)cc1CNC(=O)[C@H]1CCCCN1.Cl. The van der Waals surface area contributed by atoms with E-state index in [4.69, 9.17) is 14.2 Å². The molecule has 0 saturated carbocycles. The maximum Gasteiger partial charge on any atom is 0.237 e. The fourth-order valence-electron chi connectivity index (χ4n) is 2.61. The number of ether oxygens (including phenoxy) is 3. The van der Waals surface area contributed by atoms with E-state index in [1.807, 2.05) is 6.07 Å². The van der Waals surface area contributed by atoms with Gasteiger partial charge in [0.15, 0.2) is 11.5 Å². The molecule has 1 aromatic carbocycles. The number of hydrogen-bond acceptors (Lipinski definition) is 5. The number of rotatable bonds is 6. The van der Waals surface area contributed by atoms with Crippen LogP contribution in [0.5, 0.6) is 17.2 Å². The van der Waals surface area contributed by atoms with Gasteiger partial charge in [-0.2, -0.15) is 0 Å². The highest BCUT2D eigenvalue weighted by molar-refractivity contribution is 5.85. The molecular weight excluding hydrogens is 320 g/mol. The van der Waals surface area contributed by atoms with Gasteiger partial charge in [0, 0.05) is 18.2 Å². The molecule has 23 heavy (non-hydrogen) atoms.